The van der Waals surface area contributed by atoms with Crippen LogP contribution in [0, 0.1) is 0 Å². The fraction of sp³-hybridized carbons (Fsp3) is 0.786. The maximum atomic E-state index is 12.0. The van der Waals surface area contributed by atoms with Crippen molar-refractivity contribution in [1.82, 2.24) is 15.1 Å². The molecule has 0 aromatic carbocycles. The van der Waals surface area contributed by atoms with E-state index < -0.39 is 5.60 Å². The summed E-state index contributed by atoms with van der Waals surface area (Å²) in [5.41, 5.74) is -0.460. The Morgan fingerprint density at radius 2 is 1.85 bits per heavy atom. The van der Waals surface area contributed by atoms with Gasteiger partial charge < -0.3 is 14.1 Å². The van der Waals surface area contributed by atoms with Gasteiger partial charge in [-0.05, 0) is 40.0 Å². The first kappa shape index (κ1) is 13.4. The minimum atomic E-state index is -0.460. The average molecular weight is 279 g/mol. The highest BCUT2D eigenvalue weighted by Crippen LogP contribution is 2.40. The lowest BCUT2D eigenvalue weighted by molar-refractivity contribution is 0.0291. The van der Waals surface area contributed by atoms with Crippen molar-refractivity contribution in [3.8, 4) is 0 Å². The van der Waals surface area contributed by atoms with Crippen LogP contribution in [0.3, 0.4) is 0 Å². The Labute approximate surface area is 118 Å². The molecule has 1 amide bonds. The number of hydrogen-bond acceptors (Lipinski definition) is 5. The lowest BCUT2D eigenvalue weighted by Crippen LogP contribution is -2.35. The second-order valence-corrected chi connectivity index (χ2v) is 6.66. The van der Waals surface area contributed by atoms with Crippen molar-refractivity contribution in [2.45, 2.75) is 57.5 Å². The zero-order valence-electron chi connectivity index (χ0n) is 12.3. The number of ether oxygens (including phenoxy) is 1. The van der Waals surface area contributed by atoms with E-state index in [0.29, 0.717) is 24.9 Å². The molecule has 20 heavy (non-hydrogen) atoms. The van der Waals surface area contributed by atoms with Gasteiger partial charge in [0.2, 0.25) is 11.8 Å². The Hall–Kier alpha value is -1.59. The zero-order chi connectivity index (χ0) is 14.3. The second kappa shape index (κ2) is 4.75. The minimum absolute atomic E-state index is 0.141. The maximum Gasteiger partial charge on any atom is 0.410 e. The Kier molecular flexibility index (Phi) is 3.18. The molecular formula is C14H21N3O3. The maximum absolute atomic E-state index is 12.0. The van der Waals surface area contributed by atoms with E-state index in [1.165, 1.54) is 0 Å². The summed E-state index contributed by atoms with van der Waals surface area (Å²) in [4.78, 5) is 13.7. The van der Waals surface area contributed by atoms with Crippen molar-refractivity contribution >= 4 is 6.09 Å². The fourth-order valence-corrected chi connectivity index (χ4v) is 2.36. The molecule has 1 unspecified atom stereocenters. The first-order chi connectivity index (χ1) is 9.42. The molecule has 1 aliphatic carbocycles. The van der Waals surface area contributed by atoms with Crippen molar-refractivity contribution in [3.63, 3.8) is 0 Å². The van der Waals surface area contributed by atoms with Gasteiger partial charge in [-0.15, -0.1) is 10.2 Å². The quantitative estimate of drug-likeness (QED) is 0.832. The molecule has 1 aromatic rings. The lowest BCUT2D eigenvalue weighted by Gasteiger charge is -2.24. The summed E-state index contributed by atoms with van der Waals surface area (Å²) >= 11 is 0. The number of aromatic nitrogens is 2. The molecule has 2 aliphatic rings. The van der Waals surface area contributed by atoms with E-state index >= 15 is 0 Å². The Balaban J connectivity index is 1.59. The molecule has 2 fully saturated rings. The molecule has 110 valence electrons. The number of hydrogen-bond donors (Lipinski definition) is 0. The number of nitrogens with zero attached hydrogens (tertiary/aromatic N) is 3. The Morgan fingerprint density at radius 3 is 2.45 bits per heavy atom. The van der Waals surface area contributed by atoms with E-state index in [0.717, 1.165) is 25.2 Å². The first-order valence-corrected chi connectivity index (χ1v) is 7.23. The summed E-state index contributed by atoms with van der Waals surface area (Å²) in [6, 6.07) is 0. The van der Waals surface area contributed by atoms with Crippen LogP contribution in [0.5, 0.6) is 0 Å². The van der Waals surface area contributed by atoms with Gasteiger partial charge in [-0.25, -0.2) is 4.79 Å². The van der Waals surface area contributed by atoms with Crippen LogP contribution in [0.25, 0.3) is 0 Å². The fourth-order valence-electron chi connectivity index (χ4n) is 2.36. The summed E-state index contributed by atoms with van der Waals surface area (Å²) in [5.74, 6) is 2.04. The average Bonchev–Trinajstić information content (AvgIpc) is 2.91. The van der Waals surface area contributed by atoms with Crippen molar-refractivity contribution < 1.29 is 13.9 Å². The van der Waals surface area contributed by atoms with Gasteiger partial charge >= 0.3 is 6.09 Å². The summed E-state index contributed by atoms with van der Waals surface area (Å²) in [7, 11) is 0. The lowest BCUT2D eigenvalue weighted by atomic mass is 10.1. The molecule has 1 saturated heterocycles. The normalized spacial score (nSPS) is 23.1. The van der Waals surface area contributed by atoms with Crippen LogP contribution in [0.1, 0.15) is 63.7 Å². The summed E-state index contributed by atoms with van der Waals surface area (Å²) in [6.45, 7) is 6.90. The van der Waals surface area contributed by atoms with Gasteiger partial charge in [-0.3, -0.25) is 0 Å². The van der Waals surface area contributed by atoms with E-state index in [2.05, 4.69) is 10.2 Å². The van der Waals surface area contributed by atoms with Crippen molar-refractivity contribution in [3.05, 3.63) is 11.8 Å². The molecule has 6 heteroatoms. The molecule has 6 nitrogen and oxygen atoms in total. The van der Waals surface area contributed by atoms with E-state index in [1.54, 1.807) is 4.90 Å². The van der Waals surface area contributed by atoms with Crippen molar-refractivity contribution in [2.24, 2.45) is 0 Å². The third kappa shape index (κ3) is 2.94. The van der Waals surface area contributed by atoms with E-state index in [1.807, 2.05) is 20.8 Å². The highest BCUT2D eigenvalue weighted by molar-refractivity contribution is 5.68. The summed E-state index contributed by atoms with van der Waals surface area (Å²) in [5, 5.41) is 8.23. The largest absolute Gasteiger partial charge is 0.444 e. The molecule has 1 aliphatic heterocycles. The predicted molar refractivity (Wildman–Crippen MR) is 71.4 cm³/mol. The van der Waals surface area contributed by atoms with Gasteiger partial charge in [-0.1, -0.05) is 0 Å². The number of carbonyl (C=O) groups excluding carboxylic acids is 1. The van der Waals surface area contributed by atoms with Gasteiger partial charge in [0.15, 0.2) is 0 Å². The molecule has 1 aromatic heterocycles. The van der Waals surface area contributed by atoms with Crippen LogP contribution in [-0.2, 0) is 4.74 Å². The standard InChI is InChI=1S/C14H21N3O3/c1-14(2,3)20-13(18)17-7-6-10(8-17)12-16-15-11(19-12)9-4-5-9/h9-10H,4-8H2,1-3H3. The van der Waals surface area contributed by atoms with Gasteiger partial charge in [0.25, 0.3) is 0 Å². The molecule has 2 heterocycles. The van der Waals surface area contributed by atoms with Gasteiger partial charge in [-0.2, -0.15) is 0 Å². The van der Waals surface area contributed by atoms with Crippen LogP contribution in [0.4, 0.5) is 4.79 Å². The topological polar surface area (TPSA) is 68.5 Å². The molecule has 0 radical (unpaired) electrons. The molecule has 3 rings (SSSR count). The molecular weight excluding hydrogens is 258 g/mol. The third-order valence-electron chi connectivity index (χ3n) is 3.57. The number of likely N-dealkylation sites (tertiary alicyclic amines) is 1. The highest BCUT2D eigenvalue weighted by atomic mass is 16.6. The van der Waals surface area contributed by atoms with Crippen LogP contribution < -0.4 is 0 Å². The van der Waals surface area contributed by atoms with Gasteiger partial charge in [0, 0.05) is 19.0 Å². The minimum Gasteiger partial charge on any atom is -0.444 e. The second-order valence-electron chi connectivity index (χ2n) is 6.66. The SMILES string of the molecule is CC(C)(C)OC(=O)N1CCC(c2nnc(C3CC3)o2)C1. The van der Waals surface area contributed by atoms with Crippen molar-refractivity contribution in [1.29, 1.82) is 0 Å². The molecule has 0 bridgehead atoms. The number of rotatable bonds is 2. The number of carbonyl (C=O) groups is 1. The first-order valence-electron chi connectivity index (χ1n) is 7.23. The molecule has 0 spiro atoms. The summed E-state index contributed by atoms with van der Waals surface area (Å²) in [6.07, 6.45) is 2.89. The number of amides is 1. The third-order valence-corrected chi connectivity index (χ3v) is 3.57. The van der Waals surface area contributed by atoms with Crippen LogP contribution >= 0.6 is 0 Å². The van der Waals surface area contributed by atoms with Crippen LogP contribution in [0.2, 0.25) is 0 Å². The van der Waals surface area contributed by atoms with Gasteiger partial charge in [0.1, 0.15) is 5.60 Å². The molecule has 1 atom stereocenters. The monoisotopic (exact) mass is 279 g/mol. The predicted octanol–water partition coefficient (Wildman–Crippen LogP) is 2.67. The Bertz CT molecular complexity index is 502. The smallest absolute Gasteiger partial charge is 0.410 e. The van der Waals surface area contributed by atoms with Crippen LogP contribution in [0.15, 0.2) is 4.42 Å². The van der Waals surface area contributed by atoms with Gasteiger partial charge in [0.05, 0.1) is 5.92 Å². The zero-order valence-corrected chi connectivity index (χ0v) is 12.3. The molecule has 0 N–H and O–H groups in total. The summed E-state index contributed by atoms with van der Waals surface area (Å²) < 4.78 is 11.1. The Morgan fingerprint density at radius 1 is 1.20 bits per heavy atom. The molecule has 1 saturated carbocycles. The van der Waals surface area contributed by atoms with E-state index in [4.69, 9.17) is 9.15 Å². The van der Waals surface area contributed by atoms with Crippen LogP contribution in [-0.4, -0.2) is 39.9 Å². The van der Waals surface area contributed by atoms with E-state index in [-0.39, 0.29) is 12.0 Å². The van der Waals surface area contributed by atoms with Crippen molar-refractivity contribution in [2.75, 3.05) is 13.1 Å². The van der Waals surface area contributed by atoms with E-state index in [9.17, 15) is 4.79 Å². The highest BCUT2D eigenvalue weighted by Gasteiger charge is 2.35.